The highest BCUT2D eigenvalue weighted by Gasteiger charge is 2.55. The predicted molar refractivity (Wildman–Crippen MR) is 153 cm³/mol. The number of amides is 1. The molecule has 3 aromatic carbocycles. The molecule has 0 bridgehead atoms. The van der Waals surface area contributed by atoms with Gasteiger partial charge in [0, 0.05) is 32.2 Å². The molecule has 192 valence electrons. The van der Waals surface area contributed by atoms with Gasteiger partial charge in [0.05, 0.1) is 35.1 Å². The van der Waals surface area contributed by atoms with Gasteiger partial charge in [-0.15, -0.1) is 0 Å². The number of aromatic amines is 1. The molecular weight excluding hydrogens is 550 g/mol. The molecule has 0 unspecified atom stereocenters. The summed E-state index contributed by atoms with van der Waals surface area (Å²) in [5, 5.41) is 0.844. The number of aromatic nitrogens is 1. The van der Waals surface area contributed by atoms with Crippen LogP contribution in [0.25, 0.3) is 10.9 Å². The van der Waals surface area contributed by atoms with Crippen molar-refractivity contribution < 1.29 is 13.7 Å². The van der Waals surface area contributed by atoms with Crippen LogP contribution >= 0.6 is 15.9 Å². The highest BCUT2D eigenvalue weighted by Crippen LogP contribution is 2.50. The summed E-state index contributed by atoms with van der Waals surface area (Å²) in [6.45, 7) is 8.05. The SMILES string of the molecule is COc1ccc2[nH]c(C)c([C@@]3(N[S@](=O)C(C)(C)C)C(=O)N(Cc4ccccc4)c4ccc(Br)cc43)c2c1. The van der Waals surface area contributed by atoms with Crippen molar-refractivity contribution in [3.8, 4) is 5.75 Å². The summed E-state index contributed by atoms with van der Waals surface area (Å²) in [5.41, 5.74) is 3.61. The lowest BCUT2D eigenvalue weighted by Gasteiger charge is -2.33. The number of nitrogens with zero attached hydrogens (tertiary/aromatic N) is 1. The van der Waals surface area contributed by atoms with Crippen LogP contribution in [0.4, 0.5) is 5.69 Å². The third kappa shape index (κ3) is 4.31. The lowest BCUT2D eigenvalue weighted by Crippen LogP contribution is -2.55. The minimum Gasteiger partial charge on any atom is -0.497 e. The molecule has 2 heterocycles. The van der Waals surface area contributed by atoms with Crippen LogP contribution in [-0.2, 0) is 27.9 Å². The van der Waals surface area contributed by atoms with Crippen molar-refractivity contribution in [2.45, 2.75) is 44.5 Å². The van der Waals surface area contributed by atoms with Gasteiger partial charge < -0.3 is 14.6 Å². The first-order valence-electron chi connectivity index (χ1n) is 12.1. The third-order valence-electron chi connectivity index (χ3n) is 6.77. The summed E-state index contributed by atoms with van der Waals surface area (Å²) < 4.78 is 22.9. The zero-order valence-corrected chi connectivity index (χ0v) is 23.9. The van der Waals surface area contributed by atoms with Crippen LogP contribution in [0.1, 0.15) is 43.2 Å². The zero-order chi connectivity index (χ0) is 26.5. The minimum absolute atomic E-state index is 0.172. The lowest BCUT2D eigenvalue weighted by molar-refractivity contribution is -0.122. The maximum absolute atomic E-state index is 14.8. The molecule has 0 spiro atoms. The molecule has 1 aliphatic heterocycles. The molecule has 1 aliphatic rings. The van der Waals surface area contributed by atoms with Gasteiger partial charge in [-0.1, -0.05) is 46.3 Å². The number of hydrogen-bond donors (Lipinski definition) is 2. The van der Waals surface area contributed by atoms with E-state index < -0.39 is 21.3 Å². The van der Waals surface area contributed by atoms with Crippen molar-refractivity contribution in [3.05, 3.63) is 93.6 Å². The van der Waals surface area contributed by atoms with Gasteiger partial charge in [0.2, 0.25) is 0 Å². The smallest absolute Gasteiger partial charge is 0.257 e. The third-order valence-corrected chi connectivity index (χ3v) is 8.87. The molecule has 0 saturated carbocycles. The molecule has 0 fully saturated rings. The van der Waals surface area contributed by atoms with Gasteiger partial charge in [-0.3, -0.25) is 4.79 Å². The zero-order valence-electron chi connectivity index (χ0n) is 21.5. The van der Waals surface area contributed by atoms with Crippen molar-refractivity contribution in [1.29, 1.82) is 0 Å². The number of H-pyrrole nitrogens is 1. The van der Waals surface area contributed by atoms with Crippen molar-refractivity contribution in [2.24, 2.45) is 0 Å². The molecule has 1 aromatic heterocycles. The van der Waals surface area contributed by atoms with Gasteiger partial charge in [0.25, 0.3) is 5.91 Å². The van der Waals surface area contributed by atoms with Crippen LogP contribution in [0.3, 0.4) is 0 Å². The fourth-order valence-corrected chi connectivity index (χ4v) is 6.24. The van der Waals surface area contributed by atoms with Gasteiger partial charge in [-0.05, 0) is 69.7 Å². The van der Waals surface area contributed by atoms with E-state index in [1.165, 1.54) is 0 Å². The number of ether oxygens (including phenoxy) is 1. The Labute approximate surface area is 228 Å². The Bertz CT molecular complexity index is 1530. The number of nitrogens with one attached hydrogen (secondary N) is 2. The summed E-state index contributed by atoms with van der Waals surface area (Å²) in [5.74, 6) is 0.509. The summed E-state index contributed by atoms with van der Waals surface area (Å²) in [7, 11) is 0.0594. The second-order valence-electron chi connectivity index (χ2n) is 10.3. The number of rotatable bonds is 6. The Morgan fingerprint density at radius 3 is 2.49 bits per heavy atom. The molecule has 0 aliphatic carbocycles. The molecular formula is C29H30BrN3O3S. The summed E-state index contributed by atoms with van der Waals surface area (Å²) in [6, 6.07) is 21.5. The molecule has 1 amide bonds. The van der Waals surface area contributed by atoms with Crippen molar-refractivity contribution in [1.82, 2.24) is 9.71 Å². The number of carbonyl (C=O) groups is 1. The van der Waals surface area contributed by atoms with E-state index in [-0.39, 0.29) is 5.91 Å². The Morgan fingerprint density at radius 2 is 1.81 bits per heavy atom. The lowest BCUT2D eigenvalue weighted by atomic mass is 9.83. The maximum Gasteiger partial charge on any atom is 0.257 e. The summed E-state index contributed by atoms with van der Waals surface area (Å²) >= 11 is 3.62. The van der Waals surface area contributed by atoms with Crippen LogP contribution in [0.5, 0.6) is 5.75 Å². The van der Waals surface area contributed by atoms with Crippen LogP contribution < -0.4 is 14.4 Å². The number of aryl methyl sites for hydroxylation is 1. The summed E-state index contributed by atoms with van der Waals surface area (Å²) in [4.78, 5) is 20.0. The van der Waals surface area contributed by atoms with Gasteiger partial charge in [-0.2, -0.15) is 0 Å². The average Bonchev–Trinajstić information content (AvgIpc) is 3.30. The number of fused-ring (bicyclic) bond motifs is 2. The van der Waals surface area contributed by atoms with Crippen LogP contribution in [-0.4, -0.2) is 27.0 Å². The van der Waals surface area contributed by atoms with Gasteiger partial charge in [-0.25, -0.2) is 8.93 Å². The standard InChI is InChI=1S/C29H30BrN3O3S/c1-18-26(22-16-21(36-5)12-13-24(22)31-18)29(32-37(35)28(2,3)4)23-15-20(30)11-14-25(23)33(27(29)34)17-19-9-7-6-8-10-19/h6-16,31-32H,17H2,1-5H3/t29-,37-/m1/s1. The summed E-state index contributed by atoms with van der Waals surface area (Å²) in [6.07, 6.45) is 0. The fraction of sp³-hybridized carbons (Fsp3) is 0.276. The highest BCUT2D eigenvalue weighted by molar-refractivity contribution is 9.10. The van der Waals surface area contributed by atoms with E-state index in [1.807, 2.05) is 94.4 Å². The van der Waals surface area contributed by atoms with Gasteiger partial charge in [0.15, 0.2) is 5.54 Å². The number of hydrogen-bond acceptors (Lipinski definition) is 3. The molecule has 8 heteroatoms. The number of methoxy groups -OCH3 is 1. The maximum atomic E-state index is 14.8. The van der Waals surface area contributed by atoms with Crippen LogP contribution in [0.15, 0.2) is 71.2 Å². The topological polar surface area (TPSA) is 74.4 Å². The van der Waals surface area contributed by atoms with E-state index in [1.54, 1.807) is 12.0 Å². The van der Waals surface area contributed by atoms with E-state index in [2.05, 4.69) is 25.6 Å². The first-order chi connectivity index (χ1) is 17.6. The van der Waals surface area contributed by atoms with E-state index in [9.17, 15) is 9.00 Å². The number of benzene rings is 3. The molecule has 0 radical (unpaired) electrons. The fourth-order valence-electron chi connectivity index (χ4n) is 4.99. The van der Waals surface area contributed by atoms with Crippen molar-refractivity contribution >= 4 is 49.4 Å². The molecule has 6 nitrogen and oxygen atoms in total. The Balaban J connectivity index is 1.83. The Hall–Kier alpha value is -2.94. The second-order valence-corrected chi connectivity index (χ2v) is 13.2. The first kappa shape index (κ1) is 25.7. The van der Waals surface area contributed by atoms with E-state index in [0.717, 1.165) is 43.4 Å². The Morgan fingerprint density at radius 1 is 1.08 bits per heavy atom. The quantitative estimate of drug-likeness (QED) is 0.290. The second kappa shape index (κ2) is 9.42. The highest BCUT2D eigenvalue weighted by atomic mass is 79.9. The molecule has 4 aromatic rings. The monoisotopic (exact) mass is 579 g/mol. The van der Waals surface area contributed by atoms with Crippen molar-refractivity contribution in [2.75, 3.05) is 12.0 Å². The predicted octanol–water partition coefficient (Wildman–Crippen LogP) is 6.09. The van der Waals surface area contributed by atoms with Crippen LogP contribution in [0.2, 0.25) is 0 Å². The van der Waals surface area contributed by atoms with E-state index in [4.69, 9.17) is 4.74 Å². The molecule has 37 heavy (non-hydrogen) atoms. The Kier molecular flexibility index (Phi) is 6.54. The van der Waals surface area contributed by atoms with Crippen molar-refractivity contribution in [3.63, 3.8) is 0 Å². The first-order valence-corrected chi connectivity index (χ1v) is 14.0. The normalized spacial score (nSPS) is 18.3. The van der Waals surface area contributed by atoms with Crippen LogP contribution in [0, 0.1) is 6.92 Å². The molecule has 2 N–H and O–H groups in total. The largest absolute Gasteiger partial charge is 0.497 e. The number of halogens is 1. The van der Waals surface area contributed by atoms with Gasteiger partial charge >= 0.3 is 0 Å². The molecule has 5 rings (SSSR count). The van der Waals surface area contributed by atoms with Gasteiger partial charge in [0.1, 0.15) is 5.75 Å². The molecule has 2 atom stereocenters. The average molecular weight is 581 g/mol. The number of anilines is 1. The minimum atomic E-state index is -1.56. The van der Waals surface area contributed by atoms with E-state index >= 15 is 0 Å². The van der Waals surface area contributed by atoms with E-state index in [0.29, 0.717) is 12.3 Å². The number of carbonyl (C=O) groups excluding carboxylic acids is 1. The molecule has 0 saturated heterocycles.